The van der Waals surface area contributed by atoms with Crippen molar-refractivity contribution in [1.29, 1.82) is 0 Å². The Hall–Kier alpha value is -2.77. The Labute approximate surface area is 236 Å². The predicted molar refractivity (Wildman–Crippen MR) is 156 cm³/mol. The lowest BCUT2D eigenvalue weighted by atomic mass is 9.95. The van der Waals surface area contributed by atoms with E-state index < -0.39 is 23.8 Å². The molecule has 0 saturated heterocycles. The van der Waals surface area contributed by atoms with Gasteiger partial charge in [-0.2, -0.15) is 0 Å². The SMILES string of the molecule is CCCC(C)NC(=O)C(c1cccc(O)c1)N(C(=O)C(CC(C)C)NC(=O)OC(C)(C)C)C(C)CCC(C)C. The molecule has 0 aliphatic carbocycles. The first-order valence-corrected chi connectivity index (χ1v) is 14.5. The average molecular weight is 548 g/mol. The summed E-state index contributed by atoms with van der Waals surface area (Å²) >= 11 is 0. The molecule has 0 aromatic heterocycles. The maximum atomic E-state index is 14.4. The van der Waals surface area contributed by atoms with E-state index in [-0.39, 0.29) is 35.6 Å². The second kappa shape index (κ2) is 15.7. The van der Waals surface area contributed by atoms with Gasteiger partial charge in [-0.1, -0.05) is 53.2 Å². The van der Waals surface area contributed by atoms with Crippen LogP contribution in [0.1, 0.15) is 113 Å². The number of nitrogens with zero attached hydrogens (tertiary/aromatic N) is 1. The van der Waals surface area contributed by atoms with Gasteiger partial charge in [-0.25, -0.2) is 4.79 Å². The molecule has 222 valence electrons. The van der Waals surface area contributed by atoms with E-state index in [2.05, 4.69) is 31.4 Å². The number of alkyl carbamates (subject to hydrolysis) is 1. The van der Waals surface area contributed by atoms with Crippen molar-refractivity contribution in [3.05, 3.63) is 29.8 Å². The van der Waals surface area contributed by atoms with Crippen molar-refractivity contribution >= 4 is 17.9 Å². The lowest BCUT2D eigenvalue weighted by molar-refractivity contribution is -0.145. The van der Waals surface area contributed by atoms with E-state index in [0.717, 1.165) is 19.3 Å². The zero-order chi connectivity index (χ0) is 29.9. The summed E-state index contributed by atoms with van der Waals surface area (Å²) in [5.41, 5.74) is -0.208. The predicted octanol–water partition coefficient (Wildman–Crippen LogP) is 6.33. The fourth-order valence-electron chi connectivity index (χ4n) is 4.60. The number of ether oxygens (including phenoxy) is 1. The quantitative estimate of drug-likeness (QED) is 0.252. The number of carbonyl (C=O) groups excluding carboxylic acids is 3. The first-order chi connectivity index (χ1) is 18.0. The molecule has 1 aromatic rings. The molecular formula is C31H53N3O5. The van der Waals surface area contributed by atoms with Crippen LogP contribution < -0.4 is 10.6 Å². The minimum atomic E-state index is -0.985. The van der Waals surface area contributed by atoms with Crippen molar-refractivity contribution in [3.63, 3.8) is 0 Å². The number of hydrogen-bond donors (Lipinski definition) is 3. The summed E-state index contributed by atoms with van der Waals surface area (Å²) in [6, 6.07) is 4.23. The summed E-state index contributed by atoms with van der Waals surface area (Å²) in [6.45, 7) is 19.5. The molecule has 39 heavy (non-hydrogen) atoms. The fourth-order valence-corrected chi connectivity index (χ4v) is 4.60. The lowest BCUT2D eigenvalue weighted by Crippen LogP contribution is -2.56. The van der Waals surface area contributed by atoms with Crippen LogP contribution in [-0.2, 0) is 14.3 Å². The molecule has 3 N–H and O–H groups in total. The Morgan fingerprint density at radius 2 is 1.59 bits per heavy atom. The van der Waals surface area contributed by atoms with Crippen molar-refractivity contribution in [2.75, 3.05) is 0 Å². The minimum absolute atomic E-state index is 0.0137. The standard InChI is InChI=1S/C31H53N3O5/c1-11-13-22(6)32-28(36)27(24-14-12-15-25(35)19-24)34(23(7)17-16-20(2)3)29(37)26(18-21(4)5)33-30(38)39-31(8,9)10/h12,14-15,19-23,26-27,35H,11,13,16-18H2,1-10H3,(H,32,36)(H,33,38). The van der Waals surface area contributed by atoms with E-state index in [4.69, 9.17) is 4.74 Å². The van der Waals surface area contributed by atoms with Gasteiger partial charge in [0.05, 0.1) is 0 Å². The summed E-state index contributed by atoms with van der Waals surface area (Å²) in [7, 11) is 0. The van der Waals surface area contributed by atoms with Crippen molar-refractivity contribution in [3.8, 4) is 5.75 Å². The number of carbonyl (C=O) groups is 3. The molecule has 0 aliphatic heterocycles. The van der Waals surface area contributed by atoms with Crippen LogP contribution >= 0.6 is 0 Å². The molecule has 1 aromatic carbocycles. The Bertz CT molecular complexity index is 925. The van der Waals surface area contributed by atoms with Gasteiger partial charge in [0, 0.05) is 12.1 Å². The Balaban J connectivity index is 3.63. The molecule has 8 nitrogen and oxygen atoms in total. The molecular weight excluding hydrogens is 494 g/mol. The topological polar surface area (TPSA) is 108 Å². The van der Waals surface area contributed by atoms with Gasteiger partial charge >= 0.3 is 6.09 Å². The summed E-state index contributed by atoms with van der Waals surface area (Å²) < 4.78 is 5.47. The molecule has 0 bridgehead atoms. The van der Waals surface area contributed by atoms with Crippen molar-refractivity contribution < 1.29 is 24.2 Å². The van der Waals surface area contributed by atoms with Gasteiger partial charge in [-0.3, -0.25) is 9.59 Å². The minimum Gasteiger partial charge on any atom is -0.508 e. The highest BCUT2D eigenvalue weighted by atomic mass is 16.6. The van der Waals surface area contributed by atoms with Crippen molar-refractivity contribution in [2.45, 2.75) is 131 Å². The summed E-state index contributed by atoms with van der Waals surface area (Å²) in [6.07, 6.45) is 2.95. The number of hydrogen-bond acceptors (Lipinski definition) is 5. The fraction of sp³-hybridized carbons (Fsp3) is 0.710. The second-order valence-electron chi connectivity index (χ2n) is 12.6. The van der Waals surface area contributed by atoms with E-state index in [1.54, 1.807) is 37.8 Å². The lowest BCUT2D eigenvalue weighted by Gasteiger charge is -2.39. The zero-order valence-corrected chi connectivity index (χ0v) is 25.8. The number of phenolic OH excluding ortho intramolecular Hbond substituents is 1. The molecule has 0 radical (unpaired) electrons. The highest BCUT2D eigenvalue weighted by Crippen LogP contribution is 2.30. The van der Waals surface area contributed by atoms with Crippen LogP contribution in [0.4, 0.5) is 4.79 Å². The van der Waals surface area contributed by atoms with Crippen molar-refractivity contribution in [1.82, 2.24) is 15.5 Å². The van der Waals surface area contributed by atoms with E-state index in [0.29, 0.717) is 24.3 Å². The van der Waals surface area contributed by atoms with Crippen molar-refractivity contribution in [2.24, 2.45) is 11.8 Å². The molecule has 0 saturated carbocycles. The Morgan fingerprint density at radius 3 is 2.10 bits per heavy atom. The highest BCUT2D eigenvalue weighted by molar-refractivity contribution is 5.92. The first kappa shape index (κ1) is 34.3. The third kappa shape index (κ3) is 12.3. The van der Waals surface area contributed by atoms with Gasteiger partial charge in [-0.05, 0) is 89.8 Å². The van der Waals surface area contributed by atoms with Crippen LogP contribution in [0.3, 0.4) is 0 Å². The number of phenols is 1. The third-order valence-electron chi connectivity index (χ3n) is 6.41. The van der Waals surface area contributed by atoms with Gasteiger partial charge < -0.3 is 25.4 Å². The van der Waals surface area contributed by atoms with Crippen LogP contribution in [0.2, 0.25) is 0 Å². The van der Waals surface area contributed by atoms with Gasteiger partial charge in [0.1, 0.15) is 23.4 Å². The van der Waals surface area contributed by atoms with Crippen LogP contribution in [0, 0.1) is 11.8 Å². The van der Waals surface area contributed by atoms with Crippen LogP contribution in [0.25, 0.3) is 0 Å². The van der Waals surface area contributed by atoms with Gasteiger partial charge in [0.2, 0.25) is 11.8 Å². The van der Waals surface area contributed by atoms with E-state index in [9.17, 15) is 19.5 Å². The molecule has 0 aliphatic rings. The smallest absolute Gasteiger partial charge is 0.408 e. The van der Waals surface area contributed by atoms with E-state index in [1.165, 1.54) is 12.1 Å². The molecule has 8 heteroatoms. The average Bonchev–Trinajstić information content (AvgIpc) is 2.78. The van der Waals surface area contributed by atoms with Crippen LogP contribution in [0.5, 0.6) is 5.75 Å². The maximum Gasteiger partial charge on any atom is 0.408 e. The second-order valence-corrected chi connectivity index (χ2v) is 12.6. The Morgan fingerprint density at radius 1 is 0.949 bits per heavy atom. The van der Waals surface area contributed by atoms with E-state index >= 15 is 0 Å². The number of rotatable bonds is 14. The third-order valence-corrected chi connectivity index (χ3v) is 6.41. The molecule has 4 atom stereocenters. The van der Waals surface area contributed by atoms with Gasteiger partial charge in [0.25, 0.3) is 0 Å². The largest absolute Gasteiger partial charge is 0.508 e. The van der Waals surface area contributed by atoms with E-state index in [1.807, 2.05) is 27.7 Å². The Kier molecular flexibility index (Phi) is 13.8. The summed E-state index contributed by atoms with van der Waals surface area (Å²) in [5, 5.41) is 16.2. The molecule has 3 amide bonds. The number of amides is 3. The number of benzene rings is 1. The molecule has 0 fully saturated rings. The highest BCUT2D eigenvalue weighted by Gasteiger charge is 2.39. The van der Waals surface area contributed by atoms with Crippen LogP contribution in [0.15, 0.2) is 24.3 Å². The zero-order valence-electron chi connectivity index (χ0n) is 25.8. The molecule has 0 heterocycles. The molecule has 1 rings (SSSR count). The first-order valence-electron chi connectivity index (χ1n) is 14.5. The number of aromatic hydroxyl groups is 1. The van der Waals surface area contributed by atoms with Crippen LogP contribution in [-0.4, -0.2) is 51.6 Å². The summed E-state index contributed by atoms with van der Waals surface area (Å²) in [4.78, 5) is 42.7. The maximum absolute atomic E-state index is 14.4. The monoisotopic (exact) mass is 547 g/mol. The van der Waals surface area contributed by atoms with Gasteiger partial charge in [0.15, 0.2) is 0 Å². The van der Waals surface area contributed by atoms with Gasteiger partial charge in [-0.15, -0.1) is 0 Å². The molecule has 4 unspecified atom stereocenters. The summed E-state index contributed by atoms with van der Waals surface area (Å²) in [5.74, 6) is -0.142. The number of nitrogens with one attached hydrogen (secondary N) is 2. The normalized spacial score (nSPS) is 14.9. The molecule has 0 spiro atoms.